The van der Waals surface area contributed by atoms with Gasteiger partial charge in [-0.25, -0.2) is 0 Å². The van der Waals surface area contributed by atoms with E-state index in [2.05, 4.69) is 57.5 Å². The zero-order valence-corrected chi connectivity index (χ0v) is 63.8. The second kappa shape index (κ2) is 206. The van der Waals surface area contributed by atoms with Gasteiger partial charge in [0.05, 0.1) is 0 Å². The maximum absolute atomic E-state index is 8.89. The van der Waals surface area contributed by atoms with Crippen molar-refractivity contribution in [3.8, 4) is 0 Å². The third-order valence-corrected chi connectivity index (χ3v) is 1.50. The summed E-state index contributed by atoms with van der Waals surface area (Å²) in [5.74, 6) is -16.3. The summed E-state index contributed by atoms with van der Waals surface area (Å²) in [5.41, 5.74) is 0. The zero-order chi connectivity index (χ0) is 66.0. The Morgan fingerprint density at radius 1 is 0.174 bits per heavy atom. The molecule has 0 saturated heterocycles. The van der Waals surface area contributed by atoms with Crippen LogP contribution in [-0.2, 0) is 71.9 Å². The molecule has 0 spiro atoms. The van der Waals surface area contributed by atoms with Gasteiger partial charge in [-0.2, -0.15) is 0 Å². The van der Waals surface area contributed by atoms with Crippen LogP contribution >= 0.6 is 0 Å². The Kier molecular flexibility index (Phi) is 459. The van der Waals surface area contributed by atoms with Crippen LogP contribution in [0.1, 0.15) is 145 Å². The van der Waals surface area contributed by atoms with Crippen molar-refractivity contribution in [2.24, 2.45) is 0 Å². The number of rotatable bonds is 6. The van der Waals surface area contributed by atoms with E-state index in [1.807, 2.05) is 0 Å². The fourth-order valence-corrected chi connectivity index (χ4v) is 0.750. The average Bonchev–Trinajstić information content (AvgIpc) is 3.06. The topological polar surface area (TPSA) is 848 Å². The van der Waals surface area contributed by atoms with Crippen LogP contribution in [-0.4, -0.2) is 129 Å². The number of carboxylic acid groups (broad SMARTS) is 15. The fraction of sp³-hybridized carbons (Fsp3) is 0.643. The molecule has 0 fully saturated rings. The average molecular weight is 1990 g/mol. The smallest absolute Gasteiger partial charge is 0.550 e. The number of carbonyl (C=O) groups is 15. The van der Waals surface area contributed by atoms with Crippen LogP contribution in [0.15, 0.2) is 0 Å². The second-order valence-electron chi connectivity index (χ2n) is 10.2. The molecule has 5 radical (unpaired) electrons. The van der Waals surface area contributed by atoms with Gasteiger partial charge in [0.2, 0.25) is 0 Å². The molecule has 0 aliphatic carbocycles. The van der Waals surface area contributed by atoms with Crippen LogP contribution in [0, 0.1) is 200 Å². The van der Waals surface area contributed by atoms with Gasteiger partial charge in [-0.3, -0.25) is 0 Å². The number of aliphatic carboxylic acids is 15. The molecule has 44 heteroatoms. The van der Waals surface area contributed by atoms with Gasteiger partial charge < -0.3 is 201 Å². The fourth-order valence-electron chi connectivity index (χ4n) is 0.750. The molecule has 0 unspecified atom stereocenters. The van der Waals surface area contributed by atoms with Gasteiger partial charge in [-0.05, 0) is 143 Å². The summed E-state index contributed by atoms with van der Waals surface area (Å²) in [5, 5.41) is 143. The molecule has 0 rings (SSSR count). The molecule has 0 aromatic carbocycles. The third kappa shape index (κ3) is 29300. The molecule has 21 N–H and O–H groups in total. The molecule has 0 aliphatic heterocycles. The van der Waals surface area contributed by atoms with Gasteiger partial charge in [-0.1, -0.05) is 41.5 Å². The van der Waals surface area contributed by atoms with Crippen molar-refractivity contribution in [1.82, 2.24) is 52.9 Å². The Morgan fingerprint density at radius 2 is 0.198 bits per heavy atom. The first-order valence-electron chi connectivity index (χ1n) is 20.0. The molecule has 0 aliphatic rings. The SMILES string of the molecule is CC(=O)[O-].CC(=O)[O-].CC(=O)[O-].CC(=O)[O-].CC(=O)[O-].CC(=O)[O-].CC(=O)[O-].CC(=O)[O-].CC(=O)[O-].CC(=O)[O-].CC(=O)[O-].CC(=O)[O-].CC(=O)[O-].CC(=O)[O-].CC(=O)[O-].CCNCC.CCNCC.CCNCC.N.N.N.N.N.N.[Gd+3].[Gd+3].[Gd+3].[Gd+3].[Gd+3]. The standard InChI is InChI=1S/3C4H11N.15C2H4O2.5Gd.6H3N/c3*1-3-5-4-2;15*1-2(3)4;;;;;;;;;;;/h3*5H,3-4H2,1-2H3;15*1H3,(H,3,4);;;;;;6*1H3/q;;;;;;;;;;;;;;;;;;5*+3;;;;;;/p-15. The molecule has 86 heavy (non-hydrogen) atoms. The first-order valence-corrected chi connectivity index (χ1v) is 20.0. The quantitative estimate of drug-likeness (QED) is 0.119. The number of carbonyl (C=O) groups excluding carboxylic acids is 15. The minimum absolute atomic E-state index is 0. The van der Waals surface area contributed by atoms with Gasteiger partial charge >= 0.3 is 200 Å². The first kappa shape index (κ1) is 191. The number of hydrogen-bond donors (Lipinski definition) is 9. The summed E-state index contributed by atoms with van der Waals surface area (Å²) in [4.78, 5) is 133. The van der Waals surface area contributed by atoms with E-state index < -0.39 is 89.5 Å². The molecule has 0 saturated carbocycles. The normalized spacial score (nSPS) is 5.83. The molecule has 0 aromatic heterocycles. The van der Waals surface area contributed by atoms with E-state index in [9.17, 15) is 0 Å². The largest absolute Gasteiger partial charge is 3.00 e. The molecular formula is C42H96Gd5N9O30. The third-order valence-electron chi connectivity index (χ3n) is 1.50. The minimum atomic E-state index is -1.08. The molecule has 529 valence electrons. The zero-order valence-electron chi connectivity index (χ0n) is 52.5. The number of carboxylic acids is 15. The Bertz CT molecular complexity index is 960. The first-order chi connectivity index (χ1) is 33.2. The second-order valence-corrected chi connectivity index (χ2v) is 10.2. The van der Waals surface area contributed by atoms with E-state index in [0.29, 0.717) is 0 Å². The molecule has 0 atom stereocenters. The van der Waals surface area contributed by atoms with Gasteiger partial charge in [0.25, 0.3) is 0 Å². The summed E-state index contributed by atoms with van der Waals surface area (Å²) in [7, 11) is 0. The Balaban J connectivity index is -0.0000000147. The molecule has 0 amide bonds. The van der Waals surface area contributed by atoms with Crippen molar-refractivity contribution < 1.29 is 348 Å². The molecule has 0 bridgehead atoms. The van der Waals surface area contributed by atoms with Crippen LogP contribution in [0.5, 0.6) is 0 Å². The monoisotopic (exact) mass is 2000 g/mol. The predicted molar refractivity (Wildman–Crippen MR) is 263 cm³/mol. The molecule has 39 nitrogen and oxygen atoms in total. The Labute approximate surface area is 666 Å². The van der Waals surface area contributed by atoms with E-state index in [1.165, 1.54) is 0 Å². The van der Waals surface area contributed by atoms with E-state index in [-0.39, 0.29) is 237 Å². The van der Waals surface area contributed by atoms with Crippen LogP contribution in [0.4, 0.5) is 0 Å². The summed E-state index contributed by atoms with van der Waals surface area (Å²) in [6.07, 6.45) is 0. The number of hydrogen-bond acceptors (Lipinski definition) is 39. The summed E-state index contributed by atoms with van der Waals surface area (Å²) in [6.45, 7) is 33.7. The predicted octanol–water partition coefficient (Wildman–Crippen LogP) is -15.8. The van der Waals surface area contributed by atoms with E-state index >= 15 is 0 Å². The maximum Gasteiger partial charge on any atom is 3.00 e. The number of nitrogens with one attached hydrogen (secondary N) is 3. The van der Waals surface area contributed by atoms with Gasteiger partial charge in [0.15, 0.2) is 0 Å². The van der Waals surface area contributed by atoms with Crippen molar-refractivity contribution in [1.29, 1.82) is 0 Å². The van der Waals surface area contributed by atoms with Crippen LogP contribution in [0.3, 0.4) is 0 Å². The Morgan fingerprint density at radius 3 is 0.198 bits per heavy atom. The van der Waals surface area contributed by atoms with Gasteiger partial charge in [-0.15, -0.1) is 0 Å². The van der Waals surface area contributed by atoms with E-state index in [0.717, 1.165) is 143 Å². The molecule has 0 heterocycles. The van der Waals surface area contributed by atoms with Crippen molar-refractivity contribution in [2.45, 2.75) is 145 Å². The maximum atomic E-state index is 8.89. The van der Waals surface area contributed by atoms with Crippen LogP contribution < -0.4 is 129 Å². The van der Waals surface area contributed by atoms with E-state index in [4.69, 9.17) is 149 Å². The summed E-state index contributed by atoms with van der Waals surface area (Å²) < 4.78 is 0. The molecule has 0 aromatic rings. The summed E-state index contributed by atoms with van der Waals surface area (Å²) in [6, 6.07) is 0. The Hall–Kier alpha value is -1.69. The van der Waals surface area contributed by atoms with Gasteiger partial charge in [0.1, 0.15) is 0 Å². The van der Waals surface area contributed by atoms with Crippen molar-refractivity contribution in [3.05, 3.63) is 0 Å². The van der Waals surface area contributed by atoms with Crippen LogP contribution in [0.2, 0.25) is 0 Å². The van der Waals surface area contributed by atoms with Crippen molar-refractivity contribution in [3.63, 3.8) is 0 Å². The van der Waals surface area contributed by atoms with E-state index in [1.54, 1.807) is 0 Å². The van der Waals surface area contributed by atoms with Crippen molar-refractivity contribution >= 4 is 89.5 Å². The summed E-state index contributed by atoms with van der Waals surface area (Å²) >= 11 is 0. The van der Waals surface area contributed by atoms with Crippen molar-refractivity contribution in [2.75, 3.05) is 39.3 Å². The van der Waals surface area contributed by atoms with Crippen LogP contribution in [0.25, 0.3) is 0 Å². The minimum Gasteiger partial charge on any atom is -0.550 e. The van der Waals surface area contributed by atoms with Gasteiger partial charge in [0, 0.05) is 89.5 Å². The molecular weight excluding hydrogens is 1900 g/mol.